The van der Waals surface area contributed by atoms with Gasteiger partial charge < -0.3 is 4.90 Å². The van der Waals surface area contributed by atoms with Crippen LogP contribution < -0.4 is 4.90 Å². The number of rotatable bonds is 3. The van der Waals surface area contributed by atoms with E-state index in [1.165, 1.54) is 12.8 Å². The summed E-state index contributed by atoms with van der Waals surface area (Å²) in [5.41, 5.74) is 2.39. The summed E-state index contributed by atoms with van der Waals surface area (Å²) in [6, 6.07) is 7.80. The van der Waals surface area contributed by atoms with Crippen LogP contribution >= 0.6 is 11.6 Å². The summed E-state index contributed by atoms with van der Waals surface area (Å²) >= 11 is 6.33. The first-order valence-corrected chi connectivity index (χ1v) is 9.41. The van der Waals surface area contributed by atoms with Crippen molar-refractivity contribution in [3.8, 4) is 0 Å². The fourth-order valence-electron chi connectivity index (χ4n) is 3.22. The van der Waals surface area contributed by atoms with Crippen molar-refractivity contribution < 1.29 is 0 Å². The molecular formula is C19H23ClN6. The van der Waals surface area contributed by atoms with Crippen molar-refractivity contribution in [3.63, 3.8) is 0 Å². The van der Waals surface area contributed by atoms with E-state index in [0.29, 0.717) is 6.54 Å². The Hall–Kier alpha value is -2.21. The molecular weight excluding hydrogens is 348 g/mol. The van der Waals surface area contributed by atoms with Gasteiger partial charge in [-0.25, -0.2) is 14.6 Å². The standard InChI is InChI=1S/C19H23ClN6/c1-19(2,3)18-21-16(25-10-6-7-11-25)15-17(22-18)26(24-23-15)12-13-8-4-5-9-14(13)20/h4-5,8-9H,6-7,10-12H2,1-3H3. The van der Waals surface area contributed by atoms with Crippen LogP contribution in [0.4, 0.5) is 5.82 Å². The van der Waals surface area contributed by atoms with Crippen LogP contribution in [-0.4, -0.2) is 38.1 Å². The van der Waals surface area contributed by atoms with Crippen molar-refractivity contribution in [2.45, 2.75) is 45.6 Å². The molecule has 0 amide bonds. The Balaban J connectivity index is 1.85. The minimum Gasteiger partial charge on any atom is -0.355 e. The van der Waals surface area contributed by atoms with Crippen LogP contribution in [0.2, 0.25) is 5.02 Å². The summed E-state index contributed by atoms with van der Waals surface area (Å²) in [4.78, 5) is 12.0. The van der Waals surface area contributed by atoms with Gasteiger partial charge in [0.1, 0.15) is 5.82 Å². The molecule has 0 aliphatic carbocycles. The lowest BCUT2D eigenvalue weighted by molar-refractivity contribution is 0.545. The number of halogens is 1. The lowest BCUT2D eigenvalue weighted by Gasteiger charge is -2.21. The van der Waals surface area contributed by atoms with Gasteiger partial charge in [0.25, 0.3) is 0 Å². The van der Waals surface area contributed by atoms with Gasteiger partial charge >= 0.3 is 0 Å². The van der Waals surface area contributed by atoms with Crippen molar-refractivity contribution in [2.24, 2.45) is 0 Å². The van der Waals surface area contributed by atoms with Crippen molar-refractivity contribution in [1.82, 2.24) is 25.0 Å². The van der Waals surface area contributed by atoms with Crippen LogP contribution in [0.3, 0.4) is 0 Å². The number of hydrogen-bond acceptors (Lipinski definition) is 5. The van der Waals surface area contributed by atoms with Crippen LogP contribution in [0.1, 0.15) is 45.0 Å². The molecule has 136 valence electrons. The third-order valence-corrected chi connectivity index (χ3v) is 5.07. The quantitative estimate of drug-likeness (QED) is 0.701. The van der Waals surface area contributed by atoms with Crippen LogP contribution in [-0.2, 0) is 12.0 Å². The number of aromatic nitrogens is 5. The fraction of sp³-hybridized carbons (Fsp3) is 0.474. The van der Waals surface area contributed by atoms with Crippen LogP contribution in [0.15, 0.2) is 24.3 Å². The molecule has 0 spiro atoms. The smallest absolute Gasteiger partial charge is 0.184 e. The summed E-state index contributed by atoms with van der Waals surface area (Å²) < 4.78 is 1.83. The average Bonchev–Trinajstić information content (AvgIpc) is 3.25. The van der Waals surface area contributed by atoms with Gasteiger partial charge in [0.15, 0.2) is 17.0 Å². The molecule has 6 nitrogen and oxygen atoms in total. The Bertz CT molecular complexity index is 937. The zero-order valence-electron chi connectivity index (χ0n) is 15.4. The average molecular weight is 371 g/mol. The zero-order chi connectivity index (χ0) is 18.3. The maximum absolute atomic E-state index is 6.33. The number of anilines is 1. The van der Waals surface area contributed by atoms with Crippen LogP contribution in [0.25, 0.3) is 11.2 Å². The van der Waals surface area contributed by atoms with Gasteiger partial charge in [0, 0.05) is 23.5 Å². The summed E-state index contributed by atoms with van der Waals surface area (Å²) in [7, 11) is 0. The largest absolute Gasteiger partial charge is 0.355 e. The lowest BCUT2D eigenvalue weighted by atomic mass is 9.96. The van der Waals surface area contributed by atoms with Gasteiger partial charge in [0.05, 0.1) is 6.54 Å². The third kappa shape index (κ3) is 3.14. The monoisotopic (exact) mass is 370 g/mol. The topological polar surface area (TPSA) is 59.7 Å². The Morgan fingerprint density at radius 2 is 1.81 bits per heavy atom. The van der Waals surface area contributed by atoms with Crippen LogP contribution in [0, 0.1) is 0 Å². The normalized spacial score (nSPS) is 15.2. The maximum Gasteiger partial charge on any atom is 0.184 e. The number of hydrogen-bond donors (Lipinski definition) is 0. The van der Waals surface area contributed by atoms with E-state index in [9.17, 15) is 0 Å². The molecule has 0 unspecified atom stereocenters. The molecule has 1 aliphatic rings. The highest BCUT2D eigenvalue weighted by atomic mass is 35.5. The van der Waals surface area contributed by atoms with Crippen LogP contribution in [0.5, 0.6) is 0 Å². The zero-order valence-corrected chi connectivity index (χ0v) is 16.2. The van der Waals surface area contributed by atoms with E-state index in [1.54, 1.807) is 0 Å². The fourth-order valence-corrected chi connectivity index (χ4v) is 3.42. The molecule has 3 heterocycles. The third-order valence-electron chi connectivity index (χ3n) is 4.70. The summed E-state index contributed by atoms with van der Waals surface area (Å²) in [5, 5.41) is 9.50. The Kier molecular flexibility index (Phi) is 4.31. The molecule has 0 bridgehead atoms. The lowest BCUT2D eigenvalue weighted by Crippen LogP contribution is -2.23. The second-order valence-corrected chi connectivity index (χ2v) is 8.23. The number of nitrogens with zero attached hydrogens (tertiary/aromatic N) is 6. The maximum atomic E-state index is 6.33. The SMILES string of the molecule is CC(C)(C)c1nc(N2CCCC2)c2nnn(Cc3ccccc3Cl)c2n1. The predicted molar refractivity (Wildman–Crippen MR) is 104 cm³/mol. The van der Waals surface area contributed by atoms with E-state index in [1.807, 2.05) is 28.9 Å². The second kappa shape index (κ2) is 6.50. The molecule has 1 saturated heterocycles. The second-order valence-electron chi connectivity index (χ2n) is 7.83. The summed E-state index contributed by atoms with van der Waals surface area (Å²) in [6.45, 7) is 8.94. The van der Waals surface area contributed by atoms with Crippen molar-refractivity contribution >= 4 is 28.6 Å². The molecule has 0 saturated carbocycles. The summed E-state index contributed by atoms with van der Waals surface area (Å²) in [5.74, 6) is 1.72. The van der Waals surface area contributed by atoms with E-state index in [-0.39, 0.29) is 5.41 Å². The van der Waals surface area contributed by atoms with Gasteiger partial charge in [-0.05, 0) is 24.5 Å². The van der Waals surface area contributed by atoms with Crippen molar-refractivity contribution in [1.29, 1.82) is 0 Å². The van der Waals surface area contributed by atoms with E-state index in [2.05, 4.69) is 36.0 Å². The minimum atomic E-state index is -0.151. The molecule has 0 atom stereocenters. The van der Waals surface area contributed by atoms with Gasteiger partial charge in [-0.1, -0.05) is 55.8 Å². The molecule has 1 fully saturated rings. The number of benzene rings is 1. The van der Waals surface area contributed by atoms with Gasteiger partial charge in [-0.2, -0.15) is 0 Å². The van der Waals surface area contributed by atoms with E-state index < -0.39 is 0 Å². The minimum absolute atomic E-state index is 0.151. The van der Waals surface area contributed by atoms with Crippen molar-refractivity contribution in [3.05, 3.63) is 40.7 Å². The Morgan fingerprint density at radius 3 is 2.50 bits per heavy atom. The van der Waals surface area contributed by atoms with E-state index in [4.69, 9.17) is 21.6 Å². The molecule has 0 N–H and O–H groups in total. The highest BCUT2D eigenvalue weighted by Crippen LogP contribution is 2.29. The van der Waals surface area contributed by atoms with Gasteiger partial charge in [0.2, 0.25) is 0 Å². The first-order valence-electron chi connectivity index (χ1n) is 9.03. The number of fused-ring (bicyclic) bond motifs is 1. The highest BCUT2D eigenvalue weighted by molar-refractivity contribution is 6.31. The van der Waals surface area contributed by atoms with Gasteiger partial charge in [-0.3, -0.25) is 0 Å². The molecule has 26 heavy (non-hydrogen) atoms. The molecule has 3 aromatic rings. The highest BCUT2D eigenvalue weighted by Gasteiger charge is 2.26. The molecule has 0 radical (unpaired) electrons. The van der Waals surface area contributed by atoms with E-state index >= 15 is 0 Å². The molecule has 2 aromatic heterocycles. The first kappa shape index (κ1) is 17.2. The summed E-state index contributed by atoms with van der Waals surface area (Å²) in [6.07, 6.45) is 2.37. The Labute approximate surface area is 158 Å². The van der Waals surface area contributed by atoms with E-state index in [0.717, 1.165) is 46.5 Å². The Morgan fingerprint density at radius 1 is 1.08 bits per heavy atom. The molecule has 1 aromatic carbocycles. The van der Waals surface area contributed by atoms with Crippen molar-refractivity contribution in [2.75, 3.05) is 18.0 Å². The molecule has 1 aliphatic heterocycles. The molecule has 4 rings (SSSR count). The predicted octanol–water partition coefficient (Wildman–Crippen LogP) is 3.82. The first-order chi connectivity index (χ1) is 12.4. The molecule has 7 heteroatoms. The van der Waals surface area contributed by atoms with Gasteiger partial charge in [-0.15, -0.1) is 5.10 Å².